The number of aromatic nitrogens is 2. The third-order valence-electron chi connectivity index (χ3n) is 4.20. The Kier molecular flexibility index (Phi) is 5.06. The second-order valence-electron chi connectivity index (χ2n) is 5.89. The van der Waals surface area contributed by atoms with E-state index in [2.05, 4.69) is 15.7 Å². The van der Waals surface area contributed by atoms with Crippen molar-refractivity contribution >= 4 is 23.2 Å². The van der Waals surface area contributed by atoms with Crippen LogP contribution < -0.4 is 15.4 Å². The molecule has 0 spiro atoms. The molecule has 0 radical (unpaired) electrons. The highest BCUT2D eigenvalue weighted by Gasteiger charge is 2.34. The molecule has 6 nitrogen and oxygen atoms in total. The summed E-state index contributed by atoms with van der Waals surface area (Å²) in [5.74, 6) is 0.582. The van der Waals surface area contributed by atoms with Gasteiger partial charge in [-0.15, -0.1) is 0 Å². The van der Waals surface area contributed by atoms with E-state index in [-0.39, 0.29) is 17.7 Å². The topological polar surface area (TPSA) is 68.2 Å². The summed E-state index contributed by atoms with van der Waals surface area (Å²) in [4.78, 5) is 12.7. The number of aryl methyl sites for hydroxylation is 1. The zero-order valence-electron chi connectivity index (χ0n) is 13.8. The van der Waals surface area contributed by atoms with Crippen LogP contribution in [-0.4, -0.2) is 35.4 Å². The number of hydrogen-bond acceptors (Lipinski definition) is 4. The van der Waals surface area contributed by atoms with Crippen LogP contribution in [0.1, 0.15) is 18.4 Å². The zero-order chi connectivity index (χ0) is 17.1. The second-order valence-corrected chi connectivity index (χ2v) is 6.29. The second kappa shape index (κ2) is 7.23. The van der Waals surface area contributed by atoms with Crippen molar-refractivity contribution in [2.24, 2.45) is 13.0 Å². The molecule has 0 unspecified atom stereocenters. The molecule has 24 heavy (non-hydrogen) atoms. The van der Waals surface area contributed by atoms with Crippen molar-refractivity contribution < 1.29 is 9.53 Å². The molecule has 3 rings (SSSR count). The molecule has 0 aliphatic carbocycles. The number of nitrogens with zero attached hydrogens (tertiary/aromatic N) is 2. The molecule has 0 saturated carbocycles. The number of nitrogens with one attached hydrogen (secondary N) is 2. The van der Waals surface area contributed by atoms with Gasteiger partial charge in [0.1, 0.15) is 5.75 Å². The molecular formula is C17H21ClN4O2. The molecule has 1 amide bonds. The van der Waals surface area contributed by atoms with Crippen molar-refractivity contribution in [1.82, 2.24) is 15.1 Å². The van der Waals surface area contributed by atoms with E-state index < -0.39 is 0 Å². The Morgan fingerprint density at radius 2 is 2.33 bits per heavy atom. The van der Waals surface area contributed by atoms with Gasteiger partial charge in [0.2, 0.25) is 5.91 Å². The van der Waals surface area contributed by atoms with E-state index in [0.717, 1.165) is 12.1 Å². The summed E-state index contributed by atoms with van der Waals surface area (Å²) in [6.45, 7) is 3.87. The molecule has 2 atom stereocenters. The fourth-order valence-electron chi connectivity index (χ4n) is 3.02. The molecular weight excluding hydrogens is 328 g/mol. The Labute approximate surface area is 146 Å². The van der Waals surface area contributed by atoms with Gasteiger partial charge in [-0.05, 0) is 30.7 Å². The van der Waals surface area contributed by atoms with Crippen molar-refractivity contribution in [3.05, 3.63) is 41.2 Å². The summed E-state index contributed by atoms with van der Waals surface area (Å²) >= 11 is 6.18. The fourth-order valence-corrected chi connectivity index (χ4v) is 3.26. The smallest absolute Gasteiger partial charge is 0.229 e. The predicted octanol–water partition coefficient (Wildman–Crippen LogP) is 2.41. The molecule has 1 aromatic carbocycles. The molecule has 0 bridgehead atoms. The minimum absolute atomic E-state index is 0.0194. The molecule has 2 N–H and O–H groups in total. The molecule has 2 aromatic rings. The van der Waals surface area contributed by atoms with Crippen LogP contribution in [0.25, 0.3) is 0 Å². The summed E-state index contributed by atoms with van der Waals surface area (Å²) in [6.07, 6.45) is 3.79. The Balaban J connectivity index is 1.71. The van der Waals surface area contributed by atoms with Crippen LogP contribution >= 0.6 is 11.6 Å². The van der Waals surface area contributed by atoms with Crippen LogP contribution in [0.4, 0.5) is 5.69 Å². The maximum Gasteiger partial charge on any atom is 0.229 e. The number of carbonyl (C=O) groups excluding carboxylic acids is 1. The van der Waals surface area contributed by atoms with Gasteiger partial charge in [0.05, 0.1) is 23.7 Å². The number of ether oxygens (including phenoxy) is 1. The van der Waals surface area contributed by atoms with Gasteiger partial charge in [0.15, 0.2) is 0 Å². The summed E-state index contributed by atoms with van der Waals surface area (Å²) in [6, 6.07) is 5.29. The first-order chi connectivity index (χ1) is 11.6. The van der Waals surface area contributed by atoms with Gasteiger partial charge in [-0.25, -0.2) is 0 Å². The standard InChI is InChI=1S/C17H21ClN4O2/c1-3-24-16-5-4-12(6-15(16)18)21-17(23)14-9-19-8-13(14)11-7-20-22(2)10-11/h4-7,10,13-14,19H,3,8-9H2,1-2H3,(H,21,23)/t13-,14+/m1/s1. The summed E-state index contributed by atoms with van der Waals surface area (Å²) < 4.78 is 7.17. The average molecular weight is 349 g/mol. The van der Waals surface area contributed by atoms with Crippen molar-refractivity contribution in [3.8, 4) is 5.75 Å². The van der Waals surface area contributed by atoms with E-state index in [9.17, 15) is 4.79 Å². The average Bonchev–Trinajstić information content (AvgIpc) is 3.18. The van der Waals surface area contributed by atoms with Crippen molar-refractivity contribution in [3.63, 3.8) is 0 Å². The van der Waals surface area contributed by atoms with Crippen molar-refractivity contribution in [2.45, 2.75) is 12.8 Å². The maximum atomic E-state index is 12.7. The Bertz CT molecular complexity index is 731. The number of benzene rings is 1. The fraction of sp³-hybridized carbons (Fsp3) is 0.412. The monoisotopic (exact) mass is 348 g/mol. The van der Waals surface area contributed by atoms with Crippen LogP contribution in [0.2, 0.25) is 5.02 Å². The lowest BCUT2D eigenvalue weighted by atomic mass is 9.90. The lowest BCUT2D eigenvalue weighted by Crippen LogP contribution is -2.28. The van der Waals surface area contributed by atoms with E-state index in [4.69, 9.17) is 16.3 Å². The van der Waals surface area contributed by atoms with E-state index in [1.807, 2.05) is 26.4 Å². The van der Waals surface area contributed by atoms with Gasteiger partial charge >= 0.3 is 0 Å². The van der Waals surface area contributed by atoms with Crippen LogP contribution in [0, 0.1) is 5.92 Å². The Morgan fingerprint density at radius 3 is 3.00 bits per heavy atom. The van der Waals surface area contributed by atoms with Gasteiger partial charge < -0.3 is 15.4 Å². The first kappa shape index (κ1) is 16.8. The van der Waals surface area contributed by atoms with Crippen molar-refractivity contribution in [2.75, 3.05) is 25.0 Å². The summed E-state index contributed by atoms with van der Waals surface area (Å²) in [7, 11) is 1.88. The number of halogens is 1. The minimum atomic E-state index is -0.139. The van der Waals surface area contributed by atoms with Crippen LogP contribution in [0.15, 0.2) is 30.6 Å². The molecule has 1 aromatic heterocycles. The molecule has 2 heterocycles. The number of carbonyl (C=O) groups is 1. The van der Waals surface area contributed by atoms with Crippen LogP contribution in [0.5, 0.6) is 5.75 Å². The zero-order valence-corrected chi connectivity index (χ0v) is 14.5. The lowest BCUT2D eigenvalue weighted by Gasteiger charge is -2.17. The Morgan fingerprint density at radius 1 is 1.50 bits per heavy atom. The van der Waals surface area contributed by atoms with Crippen LogP contribution in [0.3, 0.4) is 0 Å². The molecule has 1 aliphatic rings. The highest BCUT2D eigenvalue weighted by molar-refractivity contribution is 6.32. The lowest BCUT2D eigenvalue weighted by molar-refractivity contribution is -0.119. The third kappa shape index (κ3) is 3.55. The predicted molar refractivity (Wildman–Crippen MR) is 93.6 cm³/mol. The van der Waals surface area contributed by atoms with Gasteiger partial charge in [0.25, 0.3) is 0 Å². The minimum Gasteiger partial charge on any atom is -0.492 e. The molecule has 7 heteroatoms. The van der Waals surface area contributed by atoms with E-state index in [0.29, 0.717) is 29.6 Å². The van der Waals surface area contributed by atoms with Gasteiger partial charge in [-0.1, -0.05) is 11.6 Å². The molecule has 1 aliphatic heterocycles. The highest BCUT2D eigenvalue weighted by atomic mass is 35.5. The van der Waals surface area contributed by atoms with Gasteiger partial charge in [0, 0.05) is 37.9 Å². The SMILES string of the molecule is CCOc1ccc(NC(=O)[C@H]2CNC[C@@H]2c2cnn(C)c2)cc1Cl. The molecule has 128 valence electrons. The largest absolute Gasteiger partial charge is 0.492 e. The number of amides is 1. The quantitative estimate of drug-likeness (QED) is 0.870. The molecule has 1 saturated heterocycles. The van der Waals surface area contributed by atoms with Gasteiger partial charge in [-0.2, -0.15) is 5.10 Å². The van der Waals surface area contributed by atoms with E-state index >= 15 is 0 Å². The van der Waals surface area contributed by atoms with E-state index in [1.54, 1.807) is 22.9 Å². The normalized spacial score (nSPS) is 20.1. The first-order valence-corrected chi connectivity index (χ1v) is 8.38. The maximum absolute atomic E-state index is 12.7. The third-order valence-corrected chi connectivity index (χ3v) is 4.50. The van der Waals surface area contributed by atoms with Gasteiger partial charge in [-0.3, -0.25) is 9.48 Å². The van der Waals surface area contributed by atoms with E-state index in [1.165, 1.54) is 0 Å². The van der Waals surface area contributed by atoms with Crippen molar-refractivity contribution in [1.29, 1.82) is 0 Å². The number of anilines is 1. The number of hydrogen-bond donors (Lipinski definition) is 2. The van der Waals surface area contributed by atoms with Crippen LogP contribution in [-0.2, 0) is 11.8 Å². The Hall–Kier alpha value is -2.05. The highest BCUT2D eigenvalue weighted by Crippen LogP contribution is 2.31. The first-order valence-electron chi connectivity index (χ1n) is 8.01. The summed E-state index contributed by atoms with van der Waals surface area (Å²) in [5, 5.41) is 10.9. The number of rotatable bonds is 5. The molecule has 1 fully saturated rings. The summed E-state index contributed by atoms with van der Waals surface area (Å²) in [5.41, 5.74) is 1.75.